The third-order valence-electron chi connectivity index (χ3n) is 1.24. The van der Waals surface area contributed by atoms with Crippen LogP contribution >= 0.6 is 11.9 Å². The van der Waals surface area contributed by atoms with E-state index < -0.39 is 5.97 Å². The highest BCUT2D eigenvalue weighted by Crippen LogP contribution is 2.12. The molecule has 0 amide bonds. The predicted molar refractivity (Wildman–Crippen MR) is 44.8 cm³/mol. The first-order valence-electron chi connectivity index (χ1n) is 3.28. The van der Waals surface area contributed by atoms with Gasteiger partial charge in [0, 0.05) is 5.70 Å². The summed E-state index contributed by atoms with van der Waals surface area (Å²) in [5.41, 5.74) is 0.972. The van der Waals surface area contributed by atoms with E-state index in [4.69, 9.17) is 5.11 Å². The molecule has 1 aliphatic heterocycles. The Morgan fingerprint density at radius 2 is 2.55 bits per heavy atom. The quantitative estimate of drug-likeness (QED) is 0.632. The Hall–Kier alpha value is -0.900. The van der Waals surface area contributed by atoms with Crippen LogP contribution in [0.25, 0.3) is 0 Å². The fraction of sp³-hybridized carbons (Fsp3) is 0.286. The number of nitrogens with one attached hydrogen (secondary N) is 1. The summed E-state index contributed by atoms with van der Waals surface area (Å²) in [7, 11) is 0. The minimum Gasteiger partial charge on any atom is -0.481 e. The highest BCUT2D eigenvalue weighted by atomic mass is 32.2. The van der Waals surface area contributed by atoms with Crippen LogP contribution in [0.15, 0.2) is 23.3 Å². The number of hydrogen-bond donors (Lipinski definition) is 2. The summed E-state index contributed by atoms with van der Waals surface area (Å²) >= 11 is 1.46. The van der Waals surface area contributed by atoms with Crippen LogP contribution in [-0.4, -0.2) is 11.1 Å². The van der Waals surface area contributed by atoms with Crippen molar-refractivity contribution in [1.82, 2.24) is 4.72 Å². The Morgan fingerprint density at radius 1 is 1.73 bits per heavy atom. The molecule has 60 valence electrons. The van der Waals surface area contributed by atoms with Gasteiger partial charge >= 0.3 is 5.97 Å². The van der Waals surface area contributed by atoms with Gasteiger partial charge in [0.25, 0.3) is 0 Å². The van der Waals surface area contributed by atoms with Crippen molar-refractivity contribution < 1.29 is 9.90 Å². The lowest BCUT2D eigenvalue weighted by atomic mass is 10.2. The van der Waals surface area contributed by atoms with Crippen molar-refractivity contribution in [2.45, 2.75) is 12.8 Å². The number of allylic oxidation sites excluding steroid dienone is 3. The zero-order valence-electron chi connectivity index (χ0n) is 5.91. The van der Waals surface area contributed by atoms with Crippen LogP contribution < -0.4 is 4.72 Å². The molecule has 0 fully saturated rings. The number of carbonyl (C=O) groups is 1. The van der Waals surface area contributed by atoms with E-state index in [1.165, 1.54) is 11.9 Å². The summed E-state index contributed by atoms with van der Waals surface area (Å²) in [6.45, 7) is 0. The second-order valence-corrected chi connectivity index (χ2v) is 2.85. The standard InChI is InChI=1S/C7H9NO2S/c9-7(10)4-3-6-2-1-5-11-8-6/h1-2,5,8H,3-4H2,(H,9,10). The van der Waals surface area contributed by atoms with E-state index >= 15 is 0 Å². The largest absolute Gasteiger partial charge is 0.481 e. The molecule has 0 atom stereocenters. The van der Waals surface area contributed by atoms with Crippen LogP contribution in [0.1, 0.15) is 12.8 Å². The van der Waals surface area contributed by atoms with E-state index in [-0.39, 0.29) is 6.42 Å². The maximum atomic E-state index is 10.2. The minimum absolute atomic E-state index is 0.188. The lowest BCUT2D eigenvalue weighted by Gasteiger charge is -2.08. The minimum atomic E-state index is -0.757. The Kier molecular flexibility index (Phi) is 3.04. The van der Waals surface area contributed by atoms with E-state index in [9.17, 15) is 4.79 Å². The van der Waals surface area contributed by atoms with E-state index in [1.807, 2.05) is 17.6 Å². The normalized spacial score (nSPS) is 15.5. The number of carboxylic acids is 1. The van der Waals surface area contributed by atoms with Crippen molar-refractivity contribution in [2.75, 3.05) is 0 Å². The zero-order valence-corrected chi connectivity index (χ0v) is 6.73. The lowest BCUT2D eigenvalue weighted by Crippen LogP contribution is -2.06. The number of hydrogen-bond acceptors (Lipinski definition) is 3. The Bertz CT molecular complexity index is 210. The molecule has 0 unspecified atom stereocenters. The van der Waals surface area contributed by atoms with Gasteiger partial charge in [-0.1, -0.05) is 6.08 Å². The number of rotatable bonds is 3. The Balaban J connectivity index is 2.31. The lowest BCUT2D eigenvalue weighted by molar-refractivity contribution is -0.136. The number of aliphatic carboxylic acids is 1. The second kappa shape index (κ2) is 4.08. The first kappa shape index (κ1) is 8.20. The van der Waals surface area contributed by atoms with Crippen LogP contribution in [0.4, 0.5) is 0 Å². The van der Waals surface area contributed by atoms with Gasteiger partial charge in [-0.05, 0) is 29.9 Å². The van der Waals surface area contributed by atoms with Crippen LogP contribution in [0.5, 0.6) is 0 Å². The third-order valence-corrected chi connectivity index (χ3v) is 1.92. The first-order chi connectivity index (χ1) is 5.29. The van der Waals surface area contributed by atoms with Gasteiger partial charge in [0.05, 0.1) is 6.42 Å². The van der Waals surface area contributed by atoms with E-state index in [2.05, 4.69) is 4.72 Å². The topological polar surface area (TPSA) is 49.3 Å². The highest BCUT2D eigenvalue weighted by Gasteiger charge is 2.01. The monoisotopic (exact) mass is 171 g/mol. The molecule has 4 heteroatoms. The van der Waals surface area contributed by atoms with Gasteiger partial charge in [0.15, 0.2) is 0 Å². The molecule has 2 N–H and O–H groups in total. The predicted octanol–water partition coefficient (Wildman–Crippen LogP) is 1.50. The molecule has 0 aliphatic carbocycles. The number of carboxylic acid groups (broad SMARTS) is 1. The smallest absolute Gasteiger partial charge is 0.303 e. The molecule has 0 radical (unpaired) electrons. The molecule has 0 bridgehead atoms. The average Bonchev–Trinajstić information content (AvgIpc) is 2.03. The van der Waals surface area contributed by atoms with Gasteiger partial charge in [-0.15, -0.1) is 0 Å². The summed E-state index contributed by atoms with van der Waals surface area (Å²) in [6, 6.07) is 0. The average molecular weight is 171 g/mol. The summed E-state index contributed by atoms with van der Waals surface area (Å²) in [5.74, 6) is -0.757. The molecular formula is C7H9NO2S. The van der Waals surface area contributed by atoms with E-state index in [1.54, 1.807) is 0 Å². The molecular weight excluding hydrogens is 162 g/mol. The van der Waals surface area contributed by atoms with Crippen LogP contribution in [0.3, 0.4) is 0 Å². The molecule has 0 aromatic rings. The maximum Gasteiger partial charge on any atom is 0.303 e. The summed E-state index contributed by atoms with van der Waals surface area (Å²) in [4.78, 5) is 10.2. The Morgan fingerprint density at radius 3 is 3.09 bits per heavy atom. The van der Waals surface area contributed by atoms with Crippen LogP contribution in [0.2, 0.25) is 0 Å². The first-order valence-corrected chi connectivity index (χ1v) is 4.16. The van der Waals surface area contributed by atoms with E-state index in [0.717, 1.165) is 5.70 Å². The molecule has 1 rings (SSSR count). The molecule has 11 heavy (non-hydrogen) atoms. The zero-order chi connectivity index (χ0) is 8.10. The van der Waals surface area contributed by atoms with Crippen LogP contribution in [-0.2, 0) is 4.79 Å². The van der Waals surface area contributed by atoms with Gasteiger partial charge in [-0.3, -0.25) is 4.79 Å². The summed E-state index contributed by atoms with van der Waals surface area (Å²) in [6.07, 6.45) is 4.55. The van der Waals surface area contributed by atoms with Crippen molar-refractivity contribution in [3.05, 3.63) is 23.3 Å². The molecule has 1 aliphatic rings. The van der Waals surface area contributed by atoms with Crippen molar-refractivity contribution >= 4 is 17.9 Å². The second-order valence-electron chi connectivity index (χ2n) is 2.13. The molecule has 0 aromatic heterocycles. The van der Waals surface area contributed by atoms with Crippen molar-refractivity contribution in [3.63, 3.8) is 0 Å². The van der Waals surface area contributed by atoms with Crippen LogP contribution in [0, 0.1) is 0 Å². The molecule has 0 spiro atoms. The van der Waals surface area contributed by atoms with Crippen molar-refractivity contribution in [3.8, 4) is 0 Å². The fourth-order valence-corrected chi connectivity index (χ4v) is 1.26. The van der Waals surface area contributed by atoms with Gasteiger partial charge in [0.2, 0.25) is 0 Å². The van der Waals surface area contributed by atoms with Gasteiger partial charge < -0.3 is 9.83 Å². The molecule has 0 saturated heterocycles. The Labute approximate surface area is 69.3 Å². The third kappa shape index (κ3) is 3.13. The highest BCUT2D eigenvalue weighted by molar-refractivity contribution is 8.00. The summed E-state index contributed by atoms with van der Waals surface area (Å²) < 4.78 is 3.00. The van der Waals surface area contributed by atoms with Gasteiger partial charge in [-0.2, -0.15) is 0 Å². The van der Waals surface area contributed by atoms with Gasteiger partial charge in [0.1, 0.15) is 0 Å². The van der Waals surface area contributed by atoms with Crippen molar-refractivity contribution in [1.29, 1.82) is 0 Å². The molecule has 0 saturated carbocycles. The fourth-order valence-electron chi connectivity index (χ4n) is 0.714. The molecule has 1 heterocycles. The van der Waals surface area contributed by atoms with Crippen molar-refractivity contribution in [2.24, 2.45) is 0 Å². The summed E-state index contributed by atoms with van der Waals surface area (Å²) in [5, 5.41) is 10.3. The molecule has 0 aromatic carbocycles. The van der Waals surface area contributed by atoms with E-state index in [0.29, 0.717) is 6.42 Å². The SMILES string of the molecule is O=C(O)CCC1=CC=CSN1. The van der Waals surface area contributed by atoms with Gasteiger partial charge in [-0.25, -0.2) is 0 Å². The maximum absolute atomic E-state index is 10.2. The molecule has 3 nitrogen and oxygen atoms in total.